The van der Waals surface area contributed by atoms with Gasteiger partial charge < -0.3 is 10.3 Å². The summed E-state index contributed by atoms with van der Waals surface area (Å²) in [5.74, 6) is -0.222. The summed E-state index contributed by atoms with van der Waals surface area (Å²) in [6.45, 7) is 2.22. The molecule has 118 valence electrons. The van der Waals surface area contributed by atoms with E-state index >= 15 is 0 Å². The highest BCUT2D eigenvalue weighted by Gasteiger charge is 2.13. The zero-order chi connectivity index (χ0) is 16.4. The number of carbonyl (C=O) groups is 1. The molecule has 0 fully saturated rings. The van der Waals surface area contributed by atoms with Crippen LogP contribution in [0.5, 0.6) is 0 Å². The lowest BCUT2D eigenvalue weighted by molar-refractivity contribution is 0.0936. The Morgan fingerprint density at radius 3 is 3.09 bits per heavy atom. The number of hydrogen-bond acceptors (Lipinski definition) is 5. The summed E-state index contributed by atoms with van der Waals surface area (Å²) in [5, 5.41) is 2.87. The molecule has 3 rings (SSSR count). The summed E-state index contributed by atoms with van der Waals surface area (Å²) in [6, 6.07) is 3.16. The van der Waals surface area contributed by atoms with E-state index in [4.69, 9.17) is 12.2 Å². The molecule has 0 saturated carbocycles. The number of rotatable bonds is 4. The number of pyridine rings is 1. The van der Waals surface area contributed by atoms with Gasteiger partial charge in [0.2, 0.25) is 0 Å². The molecule has 3 heterocycles. The molecule has 0 radical (unpaired) electrons. The molecule has 0 aliphatic heterocycles. The van der Waals surface area contributed by atoms with Gasteiger partial charge in [-0.25, -0.2) is 4.98 Å². The molecule has 8 nitrogen and oxygen atoms in total. The Morgan fingerprint density at radius 2 is 2.35 bits per heavy atom. The van der Waals surface area contributed by atoms with Gasteiger partial charge in [0.25, 0.3) is 11.5 Å². The van der Waals surface area contributed by atoms with Gasteiger partial charge in [-0.05, 0) is 31.3 Å². The number of nitrogens with zero attached hydrogens (tertiary/aromatic N) is 3. The van der Waals surface area contributed by atoms with Crippen LogP contribution in [0.1, 0.15) is 17.3 Å². The van der Waals surface area contributed by atoms with Gasteiger partial charge in [0.1, 0.15) is 5.52 Å². The maximum absolute atomic E-state index is 12.1. The highest BCUT2D eigenvalue weighted by Crippen LogP contribution is 2.06. The Kier molecular flexibility index (Phi) is 4.02. The van der Waals surface area contributed by atoms with Crippen molar-refractivity contribution in [3.63, 3.8) is 0 Å². The third-order valence-electron chi connectivity index (χ3n) is 3.33. The molecular formula is C14H14N6O2S. The van der Waals surface area contributed by atoms with Gasteiger partial charge in [0.05, 0.1) is 11.9 Å². The zero-order valence-corrected chi connectivity index (χ0v) is 13.1. The molecule has 3 N–H and O–H groups in total. The Hall–Kier alpha value is -2.81. The van der Waals surface area contributed by atoms with E-state index in [9.17, 15) is 9.59 Å². The molecule has 3 aromatic rings. The monoisotopic (exact) mass is 330 g/mol. The fourth-order valence-corrected chi connectivity index (χ4v) is 2.53. The summed E-state index contributed by atoms with van der Waals surface area (Å²) >= 11 is 5.19. The number of hydrogen-bond donors (Lipinski definition) is 3. The standard InChI is InChI=1S/C14H14N6O2S/c1-8(18-12(21)9-3-2-4-15-5-9)6-20-11-10(16-7-17-11)13(22)19-14(20)23/h2-5,7-8H,6H2,1H3,(H,16,17)(H,18,21)(H,19,22,23). The van der Waals surface area contributed by atoms with Crippen LogP contribution in [0.3, 0.4) is 0 Å². The second-order valence-corrected chi connectivity index (χ2v) is 5.47. The number of amides is 1. The minimum Gasteiger partial charge on any atom is -0.348 e. The number of H-pyrrole nitrogens is 2. The van der Waals surface area contributed by atoms with E-state index in [0.29, 0.717) is 23.3 Å². The number of nitrogens with one attached hydrogen (secondary N) is 3. The highest BCUT2D eigenvalue weighted by atomic mass is 32.1. The van der Waals surface area contributed by atoms with Crippen LogP contribution in [-0.2, 0) is 6.54 Å². The largest absolute Gasteiger partial charge is 0.348 e. The molecule has 9 heteroatoms. The molecule has 0 aliphatic rings. The molecule has 0 spiro atoms. The van der Waals surface area contributed by atoms with Crippen LogP contribution in [0.2, 0.25) is 0 Å². The van der Waals surface area contributed by atoms with E-state index in [2.05, 4.69) is 25.3 Å². The molecule has 0 aliphatic carbocycles. The SMILES string of the molecule is CC(Cn1c(=S)[nH]c(=O)c2[nH]cnc21)NC(=O)c1cccnc1. The van der Waals surface area contributed by atoms with Crippen LogP contribution in [0.4, 0.5) is 0 Å². The Bertz CT molecular complexity index is 959. The molecule has 0 aromatic carbocycles. The maximum atomic E-state index is 12.1. The Balaban J connectivity index is 1.82. The zero-order valence-electron chi connectivity index (χ0n) is 12.2. The van der Waals surface area contributed by atoms with Crippen LogP contribution in [-0.4, -0.2) is 36.5 Å². The van der Waals surface area contributed by atoms with Gasteiger partial charge in [0, 0.05) is 25.0 Å². The smallest absolute Gasteiger partial charge is 0.277 e. The van der Waals surface area contributed by atoms with Gasteiger partial charge in [-0.1, -0.05) is 0 Å². The number of aromatic nitrogens is 5. The average Bonchev–Trinajstić information content (AvgIpc) is 3.02. The number of carbonyl (C=O) groups excluding carboxylic acids is 1. The van der Waals surface area contributed by atoms with Crippen LogP contribution in [0, 0.1) is 4.77 Å². The molecule has 1 amide bonds. The van der Waals surface area contributed by atoms with Gasteiger partial charge in [-0.3, -0.25) is 24.1 Å². The molecular weight excluding hydrogens is 316 g/mol. The van der Waals surface area contributed by atoms with Crippen molar-refractivity contribution >= 4 is 29.3 Å². The van der Waals surface area contributed by atoms with E-state index in [1.807, 2.05) is 6.92 Å². The highest BCUT2D eigenvalue weighted by molar-refractivity contribution is 7.71. The van der Waals surface area contributed by atoms with Gasteiger partial charge in [0.15, 0.2) is 10.4 Å². The van der Waals surface area contributed by atoms with E-state index in [1.54, 1.807) is 22.9 Å². The first-order valence-electron chi connectivity index (χ1n) is 6.93. The van der Waals surface area contributed by atoms with Crippen LogP contribution < -0.4 is 10.9 Å². The fraction of sp³-hybridized carbons (Fsp3) is 0.214. The Morgan fingerprint density at radius 1 is 1.52 bits per heavy atom. The number of fused-ring (bicyclic) bond motifs is 1. The van der Waals surface area contributed by atoms with Gasteiger partial charge in [-0.2, -0.15) is 0 Å². The van der Waals surface area contributed by atoms with Crippen LogP contribution >= 0.6 is 12.2 Å². The molecule has 3 aromatic heterocycles. The molecule has 1 unspecified atom stereocenters. The first kappa shape index (κ1) is 15.1. The molecule has 0 bridgehead atoms. The molecule has 23 heavy (non-hydrogen) atoms. The quantitative estimate of drug-likeness (QED) is 0.618. The van der Waals surface area contributed by atoms with Crippen molar-refractivity contribution in [2.24, 2.45) is 0 Å². The summed E-state index contributed by atoms with van der Waals surface area (Å²) in [7, 11) is 0. The number of aromatic amines is 2. The summed E-state index contributed by atoms with van der Waals surface area (Å²) in [6.07, 6.45) is 4.54. The predicted octanol–water partition coefficient (Wildman–Crippen LogP) is 0.996. The second-order valence-electron chi connectivity index (χ2n) is 5.09. The van der Waals surface area contributed by atoms with Crippen molar-refractivity contribution in [3.05, 3.63) is 51.5 Å². The lowest BCUT2D eigenvalue weighted by atomic mass is 10.2. The second kappa shape index (κ2) is 6.13. The van der Waals surface area contributed by atoms with Crippen molar-refractivity contribution in [3.8, 4) is 0 Å². The van der Waals surface area contributed by atoms with Crippen molar-refractivity contribution in [2.75, 3.05) is 0 Å². The average molecular weight is 330 g/mol. The molecule has 0 saturated heterocycles. The lowest BCUT2D eigenvalue weighted by Crippen LogP contribution is -2.36. The minimum absolute atomic E-state index is 0.222. The van der Waals surface area contributed by atoms with Crippen molar-refractivity contribution in [1.29, 1.82) is 0 Å². The summed E-state index contributed by atoms with van der Waals surface area (Å²) in [4.78, 5) is 37.3. The Labute approximate surface area is 135 Å². The third-order valence-corrected chi connectivity index (χ3v) is 3.65. The third kappa shape index (κ3) is 3.04. The minimum atomic E-state index is -0.314. The first-order valence-corrected chi connectivity index (χ1v) is 7.34. The topological polar surface area (TPSA) is 108 Å². The molecule has 1 atom stereocenters. The van der Waals surface area contributed by atoms with E-state index in [0.717, 1.165) is 0 Å². The lowest BCUT2D eigenvalue weighted by Gasteiger charge is -2.16. The van der Waals surface area contributed by atoms with E-state index in [-0.39, 0.29) is 22.3 Å². The fourth-order valence-electron chi connectivity index (χ4n) is 2.28. The van der Waals surface area contributed by atoms with Crippen molar-refractivity contribution in [2.45, 2.75) is 19.5 Å². The van der Waals surface area contributed by atoms with Crippen molar-refractivity contribution < 1.29 is 4.79 Å². The van der Waals surface area contributed by atoms with E-state index in [1.165, 1.54) is 12.5 Å². The van der Waals surface area contributed by atoms with Crippen LogP contribution in [0.25, 0.3) is 11.2 Å². The summed E-state index contributed by atoms with van der Waals surface area (Å²) in [5.41, 5.74) is 0.978. The number of imidazole rings is 1. The van der Waals surface area contributed by atoms with Gasteiger partial charge in [-0.15, -0.1) is 0 Å². The predicted molar refractivity (Wildman–Crippen MR) is 86.7 cm³/mol. The maximum Gasteiger partial charge on any atom is 0.277 e. The van der Waals surface area contributed by atoms with Crippen molar-refractivity contribution in [1.82, 2.24) is 29.8 Å². The summed E-state index contributed by atoms with van der Waals surface area (Å²) < 4.78 is 1.94. The normalized spacial score (nSPS) is 12.2. The van der Waals surface area contributed by atoms with Gasteiger partial charge >= 0.3 is 0 Å². The van der Waals surface area contributed by atoms with E-state index < -0.39 is 0 Å². The van der Waals surface area contributed by atoms with Crippen LogP contribution in [0.15, 0.2) is 35.6 Å². The first-order chi connectivity index (χ1) is 11.1.